The van der Waals surface area contributed by atoms with Crippen molar-refractivity contribution in [2.45, 2.75) is 25.8 Å². The Balaban J connectivity index is 2.46. The van der Waals surface area contributed by atoms with Crippen LogP contribution in [0, 0.1) is 0 Å². The molecular formula is C10H13Cl2NOS. The Kier molecular flexibility index (Phi) is 5.43. The second-order valence-electron chi connectivity index (χ2n) is 3.30. The lowest BCUT2D eigenvalue weighted by Crippen LogP contribution is -2.32. The molecule has 5 heteroatoms. The van der Waals surface area contributed by atoms with Crippen LogP contribution in [0.5, 0.6) is 0 Å². The lowest BCUT2D eigenvalue weighted by Gasteiger charge is -2.12. The van der Waals surface area contributed by atoms with Crippen molar-refractivity contribution in [1.82, 2.24) is 5.32 Å². The van der Waals surface area contributed by atoms with Crippen molar-refractivity contribution < 1.29 is 4.79 Å². The van der Waals surface area contributed by atoms with Crippen LogP contribution in [-0.4, -0.2) is 17.8 Å². The van der Waals surface area contributed by atoms with Gasteiger partial charge in [0.05, 0.1) is 5.02 Å². The van der Waals surface area contributed by atoms with Gasteiger partial charge >= 0.3 is 0 Å². The summed E-state index contributed by atoms with van der Waals surface area (Å²) in [6.07, 6.45) is 1.79. The van der Waals surface area contributed by atoms with E-state index in [9.17, 15) is 4.79 Å². The third-order valence-corrected chi connectivity index (χ3v) is 3.58. The molecule has 0 aliphatic carbocycles. The van der Waals surface area contributed by atoms with Crippen LogP contribution in [0.2, 0.25) is 5.02 Å². The van der Waals surface area contributed by atoms with Gasteiger partial charge in [0.15, 0.2) is 0 Å². The van der Waals surface area contributed by atoms with Crippen LogP contribution in [0.15, 0.2) is 11.4 Å². The van der Waals surface area contributed by atoms with Crippen molar-refractivity contribution >= 4 is 40.4 Å². The highest BCUT2D eigenvalue weighted by molar-refractivity contribution is 7.12. The Labute approximate surface area is 104 Å². The summed E-state index contributed by atoms with van der Waals surface area (Å²) in [6, 6.07) is 1.86. The number of carbonyl (C=O) groups excluding carboxylic acids is 1. The maximum atomic E-state index is 11.7. The predicted molar refractivity (Wildman–Crippen MR) is 66.2 cm³/mol. The number of nitrogens with one attached hydrogen (secondary N) is 1. The fourth-order valence-corrected chi connectivity index (χ4v) is 2.40. The highest BCUT2D eigenvalue weighted by atomic mass is 35.5. The van der Waals surface area contributed by atoms with E-state index in [1.54, 1.807) is 11.4 Å². The summed E-state index contributed by atoms with van der Waals surface area (Å²) in [7, 11) is 0. The van der Waals surface area contributed by atoms with E-state index < -0.39 is 0 Å². The number of hydrogen-bond donors (Lipinski definition) is 1. The fraction of sp³-hybridized carbons (Fsp3) is 0.500. The molecular weight excluding hydrogens is 253 g/mol. The molecule has 0 aromatic carbocycles. The van der Waals surface area contributed by atoms with Crippen molar-refractivity contribution in [2.75, 3.05) is 5.88 Å². The van der Waals surface area contributed by atoms with Crippen LogP contribution in [0.3, 0.4) is 0 Å². The first kappa shape index (κ1) is 12.8. The Bertz CT molecular complexity index is 327. The molecule has 0 bridgehead atoms. The van der Waals surface area contributed by atoms with Gasteiger partial charge in [0.1, 0.15) is 4.88 Å². The molecule has 1 rings (SSSR count). The van der Waals surface area contributed by atoms with E-state index in [0.29, 0.717) is 15.8 Å². The Morgan fingerprint density at radius 1 is 1.67 bits per heavy atom. The lowest BCUT2D eigenvalue weighted by molar-refractivity contribution is 0.0942. The lowest BCUT2D eigenvalue weighted by atomic mass is 10.2. The van der Waals surface area contributed by atoms with Crippen molar-refractivity contribution in [3.8, 4) is 0 Å². The van der Waals surface area contributed by atoms with Gasteiger partial charge in [-0.2, -0.15) is 0 Å². The zero-order valence-corrected chi connectivity index (χ0v) is 10.8. The molecule has 0 saturated carbocycles. The minimum absolute atomic E-state index is 0.0999. The smallest absolute Gasteiger partial charge is 0.263 e. The molecule has 0 spiro atoms. The molecule has 1 N–H and O–H groups in total. The highest BCUT2D eigenvalue weighted by Crippen LogP contribution is 2.21. The molecule has 1 heterocycles. The van der Waals surface area contributed by atoms with E-state index in [1.165, 1.54) is 11.3 Å². The van der Waals surface area contributed by atoms with Gasteiger partial charge in [0.2, 0.25) is 0 Å². The van der Waals surface area contributed by atoms with Crippen molar-refractivity contribution in [2.24, 2.45) is 0 Å². The molecule has 0 saturated heterocycles. The summed E-state index contributed by atoms with van der Waals surface area (Å²) in [5, 5.41) is 5.21. The minimum atomic E-state index is -0.0999. The number of rotatable bonds is 5. The second-order valence-corrected chi connectivity index (χ2v) is 5.00. The van der Waals surface area contributed by atoms with E-state index in [1.807, 2.05) is 6.92 Å². The fourth-order valence-electron chi connectivity index (χ4n) is 1.20. The van der Waals surface area contributed by atoms with Gasteiger partial charge in [-0.15, -0.1) is 22.9 Å². The first-order valence-corrected chi connectivity index (χ1v) is 6.54. The standard InChI is InChI=1S/C10H13Cl2NOS/c1-7(3-2-5-11)13-10(14)9-8(12)4-6-15-9/h4,6-7H,2-3,5H2,1H3,(H,13,14). The molecule has 0 aliphatic heterocycles. The third-order valence-electron chi connectivity index (χ3n) is 1.97. The monoisotopic (exact) mass is 265 g/mol. The molecule has 2 nitrogen and oxygen atoms in total. The zero-order chi connectivity index (χ0) is 11.3. The highest BCUT2D eigenvalue weighted by Gasteiger charge is 2.13. The van der Waals surface area contributed by atoms with E-state index in [0.717, 1.165) is 12.8 Å². The SMILES string of the molecule is CC(CCCCl)NC(=O)c1sccc1Cl. The average molecular weight is 266 g/mol. The molecule has 1 aromatic heterocycles. The number of hydrogen-bond acceptors (Lipinski definition) is 2. The quantitative estimate of drug-likeness (QED) is 0.811. The summed E-state index contributed by atoms with van der Waals surface area (Å²) in [5.41, 5.74) is 0. The molecule has 1 aromatic rings. The van der Waals surface area contributed by atoms with Crippen molar-refractivity contribution in [3.63, 3.8) is 0 Å². The minimum Gasteiger partial charge on any atom is -0.349 e. The zero-order valence-electron chi connectivity index (χ0n) is 8.43. The van der Waals surface area contributed by atoms with Crippen LogP contribution in [-0.2, 0) is 0 Å². The van der Waals surface area contributed by atoms with Gasteiger partial charge < -0.3 is 5.32 Å². The molecule has 1 unspecified atom stereocenters. The normalized spacial score (nSPS) is 12.5. The van der Waals surface area contributed by atoms with E-state index >= 15 is 0 Å². The molecule has 1 atom stereocenters. The van der Waals surface area contributed by atoms with E-state index in [4.69, 9.17) is 23.2 Å². The van der Waals surface area contributed by atoms with Crippen LogP contribution in [0.4, 0.5) is 0 Å². The van der Waals surface area contributed by atoms with Gasteiger partial charge in [-0.1, -0.05) is 11.6 Å². The Hall–Kier alpha value is -0.250. The number of amides is 1. The van der Waals surface area contributed by atoms with E-state index in [-0.39, 0.29) is 11.9 Å². The first-order chi connectivity index (χ1) is 7.15. The third kappa shape index (κ3) is 4.01. The number of halogens is 2. The molecule has 0 radical (unpaired) electrons. The van der Waals surface area contributed by atoms with Crippen LogP contribution < -0.4 is 5.32 Å². The Morgan fingerprint density at radius 3 is 2.93 bits per heavy atom. The van der Waals surface area contributed by atoms with Crippen LogP contribution in [0.1, 0.15) is 29.4 Å². The summed E-state index contributed by atoms with van der Waals surface area (Å²) in [6.45, 7) is 1.96. The maximum absolute atomic E-state index is 11.7. The summed E-state index contributed by atoms with van der Waals surface area (Å²) >= 11 is 12.8. The second kappa shape index (κ2) is 6.36. The molecule has 1 amide bonds. The van der Waals surface area contributed by atoms with Crippen LogP contribution in [0.25, 0.3) is 0 Å². The Morgan fingerprint density at radius 2 is 2.40 bits per heavy atom. The topological polar surface area (TPSA) is 29.1 Å². The van der Waals surface area contributed by atoms with E-state index in [2.05, 4.69) is 5.32 Å². The predicted octanol–water partition coefficient (Wildman–Crippen LogP) is 3.54. The van der Waals surface area contributed by atoms with Gasteiger partial charge in [0.25, 0.3) is 5.91 Å². The van der Waals surface area contributed by atoms with Crippen molar-refractivity contribution in [3.05, 3.63) is 21.3 Å². The number of thiophene rings is 1. The van der Waals surface area contributed by atoms with Crippen molar-refractivity contribution in [1.29, 1.82) is 0 Å². The molecule has 84 valence electrons. The summed E-state index contributed by atoms with van der Waals surface area (Å²) < 4.78 is 0. The van der Waals surface area contributed by atoms with Gasteiger partial charge in [-0.25, -0.2) is 0 Å². The first-order valence-electron chi connectivity index (χ1n) is 4.75. The largest absolute Gasteiger partial charge is 0.349 e. The van der Waals surface area contributed by atoms with Gasteiger partial charge in [0, 0.05) is 11.9 Å². The summed E-state index contributed by atoms with van der Waals surface area (Å²) in [4.78, 5) is 12.3. The van der Waals surface area contributed by atoms with Gasteiger partial charge in [-0.05, 0) is 31.2 Å². The summed E-state index contributed by atoms with van der Waals surface area (Å²) in [5.74, 6) is 0.525. The van der Waals surface area contributed by atoms with Gasteiger partial charge in [-0.3, -0.25) is 4.79 Å². The number of carbonyl (C=O) groups is 1. The molecule has 0 fully saturated rings. The molecule has 15 heavy (non-hydrogen) atoms. The van der Waals surface area contributed by atoms with Crippen LogP contribution >= 0.6 is 34.5 Å². The maximum Gasteiger partial charge on any atom is 0.263 e. The molecule has 0 aliphatic rings. The average Bonchev–Trinajstić information content (AvgIpc) is 2.61. The number of alkyl halides is 1.